The third kappa shape index (κ3) is 2.01. The molecule has 0 atom stereocenters. The summed E-state index contributed by atoms with van der Waals surface area (Å²) < 4.78 is 2.38. The summed E-state index contributed by atoms with van der Waals surface area (Å²) in [6.45, 7) is 7.92. The van der Waals surface area contributed by atoms with Crippen molar-refractivity contribution in [2.24, 2.45) is 0 Å². The molecule has 90 valence electrons. The summed E-state index contributed by atoms with van der Waals surface area (Å²) in [5, 5.41) is 9.08. The second-order valence-electron chi connectivity index (χ2n) is 5.66. The zero-order chi connectivity index (χ0) is 11.8. The number of rotatable bonds is 2. The van der Waals surface area contributed by atoms with Crippen LogP contribution in [0.5, 0.6) is 0 Å². The number of nitrogens with zero attached hydrogens (tertiary/aromatic N) is 2. The molecule has 0 fully saturated rings. The van der Waals surface area contributed by atoms with E-state index in [9.17, 15) is 0 Å². The highest BCUT2D eigenvalue weighted by atomic mass is 16.3. The number of aliphatic hydroxyl groups is 1. The number of fused-ring (bicyclic) bond motifs is 1. The topological polar surface area (TPSA) is 38.1 Å². The maximum Gasteiger partial charge on any atom is 0.114 e. The van der Waals surface area contributed by atoms with Crippen molar-refractivity contribution < 1.29 is 5.11 Å². The minimum absolute atomic E-state index is 0.0970. The Bertz CT molecular complexity index is 374. The Morgan fingerprint density at radius 3 is 2.69 bits per heavy atom. The lowest BCUT2D eigenvalue weighted by Crippen LogP contribution is -2.22. The first kappa shape index (κ1) is 11.6. The molecule has 3 nitrogen and oxygen atoms in total. The highest BCUT2D eigenvalue weighted by Gasteiger charge is 2.26. The predicted octanol–water partition coefficient (Wildman–Crippen LogP) is 2.05. The van der Waals surface area contributed by atoms with Crippen LogP contribution in [0.15, 0.2) is 0 Å². The molecule has 0 unspecified atom stereocenters. The van der Waals surface area contributed by atoms with Crippen LogP contribution in [0, 0.1) is 0 Å². The highest BCUT2D eigenvalue weighted by molar-refractivity contribution is 5.23. The molecular weight excluding hydrogens is 200 g/mol. The second kappa shape index (κ2) is 4.21. The monoisotopic (exact) mass is 222 g/mol. The van der Waals surface area contributed by atoms with Gasteiger partial charge in [0.15, 0.2) is 0 Å². The van der Waals surface area contributed by atoms with E-state index in [-0.39, 0.29) is 12.0 Å². The number of hydrogen-bond donors (Lipinski definition) is 1. The van der Waals surface area contributed by atoms with Crippen LogP contribution < -0.4 is 0 Å². The van der Waals surface area contributed by atoms with Crippen LogP contribution in [-0.2, 0) is 24.8 Å². The van der Waals surface area contributed by atoms with Crippen LogP contribution in [0.1, 0.15) is 50.8 Å². The summed E-state index contributed by atoms with van der Waals surface area (Å²) in [5.74, 6) is 1.19. The Morgan fingerprint density at radius 1 is 1.31 bits per heavy atom. The molecule has 0 saturated carbocycles. The van der Waals surface area contributed by atoms with Gasteiger partial charge in [-0.3, -0.25) is 0 Å². The van der Waals surface area contributed by atoms with Crippen molar-refractivity contribution >= 4 is 0 Å². The van der Waals surface area contributed by atoms with Crippen molar-refractivity contribution in [2.45, 2.75) is 58.4 Å². The Balaban J connectivity index is 2.46. The Morgan fingerprint density at radius 2 is 2.06 bits per heavy atom. The van der Waals surface area contributed by atoms with Crippen molar-refractivity contribution in [3.05, 3.63) is 17.2 Å². The summed E-state index contributed by atoms with van der Waals surface area (Å²) in [7, 11) is 0. The highest BCUT2D eigenvalue weighted by Crippen LogP contribution is 2.28. The fraction of sp³-hybridized carbons (Fsp3) is 0.769. The number of aromatic nitrogens is 2. The molecule has 0 saturated heterocycles. The Labute approximate surface area is 97.5 Å². The van der Waals surface area contributed by atoms with E-state index in [4.69, 9.17) is 10.1 Å². The van der Waals surface area contributed by atoms with E-state index >= 15 is 0 Å². The van der Waals surface area contributed by atoms with Crippen molar-refractivity contribution in [1.82, 2.24) is 9.55 Å². The molecule has 0 aromatic carbocycles. The lowest BCUT2D eigenvalue weighted by atomic mass is 9.95. The van der Waals surface area contributed by atoms with Crippen LogP contribution in [0.3, 0.4) is 0 Å². The zero-order valence-electron chi connectivity index (χ0n) is 10.6. The molecule has 3 heteroatoms. The molecule has 1 aliphatic heterocycles. The van der Waals surface area contributed by atoms with Gasteiger partial charge in [0.05, 0.1) is 5.69 Å². The second-order valence-corrected chi connectivity index (χ2v) is 5.66. The summed E-state index contributed by atoms with van der Waals surface area (Å²) in [4.78, 5) is 4.76. The molecule has 1 aliphatic rings. The van der Waals surface area contributed by atoms with E-state index in [2.05, 4.69) is 25.3 Å². The zero-order valence-corrected chi connectivity index (χ0v) is 10.6. The van der Waals surface area contributed by atoms with Gasteiger partial charge in [0.1, 0.15) is 5.82 Å². The van der Waals surface area contributed by atoms with Crippen LogP contribution in [0.2, 0.25) is 0 Å². The fourth-order valence-electron chi connectivity index (χ4n) is 2.50. The molecule has 0 radical (unpaired) electrons. The first-order chi connectivity index (χ1) is 7.54. The quantitative estimate of drug-likeness (QED) is 0.831. The molecule has 1 aromatic heterocycles. The van der Waals surface area contributed by atoms with Gasteiger partial charge in [-0.25, -0.2) is 4.98 Å². The number of hydrogen-bond acceptors (Lipinski definition) is 2. The van der Waals surface area contributed by atoms with Crippen molar-refractivity contribution in [2.75, 3.05) is 6.61 Å². The van der Waals surface area contributed by atoms with Gasteiger partial charge in [0.25, 0.3) is 0 Å². The largest absolute Gasteiger partial charge is 0.396 e. The summed E-state index contributed by atoms with van der Waals surface area (Å²) >= 11 is 0. The van der Waals surface area contributed by atoms with E-state index in [0.717, 1.165) is 18.7 Å². The molecule has 16 heavy (non-hydrogen) atoms. The van der Waals surface area contributed by atoms with Crippen LogP contribution in [-0.4, -0.2) is 21.3 Å². The number of imidazole rings is 1. The predicted molar refractivity (Wildman–Crippen MR) is 64.7 cm³/mol. The van der Waals surface area contributed by atoms with Gasteiger partial charge in [-0.2, -0.15) is 0 Å². The van der Waals surface area contributed by atoms with E-state index in [1.54, 1.807) is 0 Å². The van der Waals surface area contributed by atoms with Gasteiger partial charge in [0.2, 0.25) is 0 Å². The van der Waals surface area contributed by atoms with Gasteiger partial charge < -0.3 is 9.67 Å². The van der Waals surface area contributed by atoms with E-state index in [1.807, 2.05) is 0 Å². The van der Waals surface area contributed by atoms with Crippen molar-refractivity contribution in [3.63, 3.8) is 0 Å². The van der Waals surface area contributed by atoms with E-state index in [0.29, 0.717) is 6.42 Å². The Hall–Kier alpha value is -0.830. The number of aliphatic hydroxyl groups excluding tert-OH is 1. The average Bonchev–Trinajstić information content (AvgIpc) is 2.58. The molecule has 2 rings (SSSR count). The van der Waals surface area contributed by atoms with Gasteiger partial charge in [-0.05, 0) is 19.3 Å². The lowest BCUT2D eigenvalue weighted by molar-refractivity contribution is 0.297. The molecule has 0 aliphatic carbocycles. The molecule has 1 aromatic rings. The van der Waals surface area contributed by atoms with Gasteiger partial charge in [-0.1, -0.05) is 20.8 Å². The van der Waals surface area contributed by atoms with Crippen LogP contribution >= 0.6 is 0 Å². The summed E-state index contributed by atoms with van der Waals surface area (Å²) in [6, 6.07) is 0. The molecular formula is C13H22N2O. The fourth-order valence-corrected chi connectivity index (χ4v) is 2.50. The minimum Gasteiger partial charge on any atom is -0.396 e. The molecule has 2 heterocycles. The third-order valence-electron chi connectivity index (χ3n) is 3.22. The van der Waals surface area contributed by atoms with Gasteiger partial charge in [-0.15, -0.1) is 0 Å². The van der Waals surface area contributed by atoms with Crippen molar-refractivity contribution in [1.29, 1.82) is 0 Å². The maximum absolute atomic E-state index is 9.08. The van der Waals surface area contributed by atoms with Gasteiger partial charge in [0, 0.05) is 30.7 Å². The van der Waals surface area contributed by atoms with Crippen molar-refractivity contribution in [3.8, 4) is 0 Å². The maximum atomic E-state index is 9.08. The molecule has 0 bridgehead atoms. The summed E-state index contributed by atoms with van der Waals surface area (Å²) in [5.41, 5.74) is 2.58. The molecule has 1 N–H and O–H groups in total. The van der Waals surface area contributed by atoms with Crippen LogP contribution in [0.4, 0.5) is 0 Å². The average molecular weight is 222 g/mol. The third-order valence-corrected chi connectivity index (χ3v) is 3.22. The normalized spacial score (nSPS) is 16.2. The van der Waals surface area contributed by atoms with Crippen LogP contribution in [0.25, 0.3) is 0 Å². The molecule has 0 amide bonds. The minimum atomic E-state index is 0.0970. The standard InChI is InChI=1S/C13H22N2O/c1-13(2,3)12-14-10(7-9-16)11-6-4-5-8-15(11)12/h16H,4-9H2,1-3H3. The van der Waals surface area contributed by atoms with Gasteiger partial charge >= 0.3 is 0 Å². The smallest absolute Gasteiger partial charge is 0.114 e. The lowest BCUT2D eigenvalue weighted by Gasteiger charge is -2.23. The Kier molecular flexibility index (Phi) is 3.06. The SMILES string of the molecule is CC(C)(C)c1nc(CCO)c2n1CCCC2. The van der Waals surface area contributed by atoms with E-state index in [1.165, 1.54) is 24.4 Å². The van der Waals surface area contributed by atoms with E-state index < -0.39 is 0 Å². The summed E-state index contributed by atoms with van der Waals surface area (Å²) in [6.07, 6.45) is 4.34. The first-order valence-electron chi connectivity index (χ1n) is 6.23. The first-order valence-corrected chi connectivity index (χ1v) is 6.23. The molecule has 0 spiro atoms.